The third-order valence-corrected chi connectivity index (χ3v) is 1.06. The average molecular weight is 148 g/mol. The molecule has 0 saturated carbocycles. The van der Waals surface area contributed by atoms with Crippen LogP contribution in [0, 0.1) is 0 Å². The zero-order chi connectivity index (χ0) is 7.28. The number of hydrogen-bond donors (Lipinski definition) is 0. The summed E-state index contributed by atoms with van der Waals surface area (Å²) in [6.45, 7) is 0. The Morgan fingerprint density at radius 3 is 2.33 bits per heavy atom. The predicted octanol–water partition coefficient (Wildman–Crippen LogP) is 0.523. The monoisotopic (exact) mass is 148 g/mol. The fourth-order valence-electron chi connectivity index (χ4n) is 0.262. The van der Waals surface area contributed by atoms with Crippen LogP contribution in [-0.2, 0) is 14.3 Å². The first kappa shape index (κ1) is 8.36. The van der Waals surface area contributed by atoms with Crippen LogP contribution < -0.4 is 0 Å². The van der Waals surface area contributed by atoms with Gasteiger partial charge in [-0.25, -0.2) is 0 Å². The molecule has 0 rings (SSSR count). The molecule has 0 aromatic carbocycles. The topological polar surface area (TPSA) is 35.5 Å². The van der Waals surface area contributed by atoms with Crippen molar-refractivity contribution in [1.82, 2.24) is 0 Å². The largest absolute Gasteiger partial charge is 0.490 e. The van der Waals surface area contributed by atoms with Crippen LogP contribution in [0.5, 0.6) is 0 Å². The lowest BCUT2D eigenvalue weighted by molar-refractivity contribution is -0.139. The number of carbonyl (C=O) groups is 1. The van der Waals surface area contributed by atoms with Crippen LogP contribution in [0.1, 0.15) is 6.42 Å². The van der Waals surface area contributed by atoms with Crippen LogP contribution in [0.15, 0.2) is 0 Å². The fraction of sp³-hybridized carbons (Fsp3) is 0.600. The Morgan fingerprint density at radius 1 is 1.44 bits per heavy atom. The Morgan fingerprint density at radius 2 is 2.00 bits per heavy atom. The summed E-state index contributed by atoms with van der Waals surface area (Å²) in [7, 11) is 2.73. The minimum absolute atomic E-state index is 0.0579. The van der Waals surface area contributed by atoms with E-state index in [2.05, 4.69) is 21.7 Å². The lowest BCUT2D eigenvalue weighted by Gasteiger charge is -1.98. The molecule has 0 unspecified atom stereocenters. The van der Waals surface area contributed by atoms with Crippen molar-refractivity contribution in [3.05, 3.63) is 0 Å². The number of methoxy groups -OCH3 is 2. The van der Waals surface area contributed by atoms with Crippen molar-refractivity contribution in [1.29, 1.82) is 0 Å². The Balaban J connectivity index is 3.47. The summed E-state index contributed by atoms with van der Waals surface area (Å²) in [5, 5.41) is 0.252. The Labute approximate surface area is 58.9 Å². The van der Waals surface area contributed by atoms with Crippen LogP contribution >= 0.6 is 12.2 Å². The van der Waals surface area contributed by atoms with E-state index in [9.17, 15) is 4.79 Å². The second kappa shape index (κ2) is 4.26. The van der Waals surface area contributed by atoms with Crippen molar-refractivity contribution in [3.63, 3.8) is 0 Å². The Kier molecular flexibility index (Phi) is 3.96. The van der Waals surface area contributed by atoms with Crippen molar-refractivity contribution in [2.24, 2.45) is 0 Å². The van der Waals surface area contributed by atoms with Gasteiger partial charge in [0.15, 0.2) is 5.05 Å². The maximum absolute atomic E-state index is 10.4. The van der Waals surface area contributed by atoms with Crippen LogP contribution in [0.2, 0.25) is 0 Å². The second-order valence-electron chi connectivity index (χ2n) is 1.33. The Bertz CT molecular complexity index is 107. The molecule has 0 fully saturated rings. The van der Waals surface area contributed by atoms with Gasteiger partial charge in [0.05, 0.1) is 14.2 Å². The van der Waals surface area contributed by atoms with E-state index in [-0.39, 0.29) is 17.4 Å². The van der Waals surface area contributed by atoms with Gasteiger partial charge in [-0.3, -0.25) is 4.79 Å². The van der Waals surface area contributed by atoms with Crippen molar-refractivity contribution in [2.45, 2.75) is 6.42 Å². The van der Waals surface area contributed by atoms with Gasteiger partial charge in [-0.1, -0.05) is 0 Å². The third kappa shape index (κ3) is 3.90. The summed E-state index contributed by atoms with van der Waals surface area (Å²) in [6.07, 6.45) is 0.0579. The molecule has 0 aromatic heterocycles. The quantitative estimate of drug-likeness (QED) is 0.422. The molecule has 3 nitrogen and oxygen atoms in total. The van der Waals surface area contributed by atoms with E-state index >= 15 is 0 Å². The fourth-order valence-corrected chi connectivity index (χ4v) is 0.380. The van der Waals surface area contributed by atoms with E-state index in [0.717, 1.165) is 0 Å². The SMILES string of the molecule is COC(=O)CC(=S)OC. The normalized spacial score (nSPS) is 8.22. The van der Waals surface area contributed by atoms with Gasteiger partial charge in [-0.05, 0) is 12.2 Å². The summed E-state index contributed by atoms with van der Waals surface area (Å²) >= 11 is 4.57. The highest BCUT2D eigenvalue weighted by Crippen LogP contribution is 1.89. The molecule has 52 valence electrons. The van der Waals surface area contributed by atoms with Gasteiger partial charge in [0.1, 0.15) is 6.42 Å². The number of hydrogen-bond acceptors (Lipinski definition) is 4. The zero-order valence-electron chi connectivity index (χ0n) is 5.34. The molecule has 0 saturated heterocycles. The molecule has 0 aliphatic rings. The number of rotatable bonds is 2. The van der Waals surface area contributed by atoms with E-state index in [1.54, 1.807) is 0 Å². The van der Waals surface area contributed by atoms with Crippen molar-refractivity contribution < 1.29 is 14.3 Å². The highest BCUT2D eigenvalue weighted by Gasteiger charge is 2.03. The molecule has 0 bridgehead atoms. The zero-order valence-corrected chi connectivity index (χ0v) is 6.16. The molecule has 4 heteroatoms. The van der Waals surface area contributed by atoms with Crippen molar-refractivity contribution in [2.75, 3.05) is 14.2 Å². The smallest absolute Gasteiger partial charge is 0.314 e. The van der Waals surface area contributed by atoms with Gasteiger partial charge in [0.25, 0.3) is 0 Å². The first-order valence-electron chi connectivity index (χ1n) is 2.34. The van der Waals surface area contributed by atoms with E-state index in [4.69, 9.17) is 0 Å². The Hall–Kier alpha value is -0.640. The molecule has 0 radical (unpaired) electrons. The lowest BCUT2D eigenvalue weighted by atomic mass is 10.5. The molecule has 0 spiro atoms. The molecule has 0 amide bonds. The molecule has 9 heavy (non-hydrogen) atoms. The summed E-state index contributed by atoms with van der Waals surface area (Å²) in [5.41, 5.74) is 0. The molecule has 0 aromatic rings. The molecular formula is C5H8O3S. The first-order chi connectivity index (χ1) is 4.20. The van der Waals surface area contributed by atoms with Gasteiger partial charge in [0, 0.05) is 0 Å². The van der Waals surface area contributed by atoms with Gasteiger partial charge in [-0.15, -0.1) is 0 Å². The maximum atomic E-state index is 10.4. The average Bonchev–Trinajstić information content (AvgIpc) is 1.87. The molecule has 0 aliphatic heterocycles. The van der Waals surface area contributed by atoms with Crippen LogP contribution in [0.25, 0.3) is 0 Å². The standard InChI is InChI=1S/C5H8O3S/c1-7-4(6)3-5(9)8-2/h3H2,1-2H3. The minimum Gasteiger partial charge on any atom is -0.490 e. The number of esters is 1. The maximum Gasteiger partial charge on any atom is 0.314 e. The van der Waals surface area contributed by atoms with E-state index in [1.807, 2.05) is 0 Å². The second-order valence-corrected chi connectivity index (χ2v) is 1.78. The van der Waals surface area contributed by atoms with E-state index in [1.165, 1.54) is 14.2 Å². The number of thiocarbonyl (C=S) groups is 1. The molecule has 0 N–H and O–H groups in total. The third-order valence-electron chi connectivity index (χ3n) is 0.744. The number of carbonyl (C=O) groups excluding carboxylic acids is 1. The van der Waals surface area contributed by atoms with Gasteiger partial charge in [0.2, 0.25) is 0 Å². The summed E-state index contributed by atoms with van der Waals surface area (Å²) in [5.74, 6) is -0.373. The summed E-state index contributed by atoms with van der Waals surface area (Å²) in [6, 6.07) is 0. The van der Waals surface area contributed by atoms with E-state index in [0.29, 0.717) is 0 Å². The van der Waals surface area contributed by atoms with Crippen LogP contribution in [0.3, 0.4) is 0 Å². The van der Waals surface area contributed by atoms with Gasteiger partial charge >= 0.3 is 5.97 Å². The molecule has 0 heterocycles. The minimum atomic E-state index is -0.373. The van der Waals surface area contributed by atoms with Crippen molar-refractivity contribution >= 4 is 23.2 Å². The summed E-state index contributed by atoms with van der Waals surface area (Å²) in [4.78, 5) is 10.4. The predicted molar refractivity (Wildman–Crippen MR) is 36.2 cm³/mol. The molecule has 0 atom stereocenters. The molecular weight excluding hydrogens is 140 g/mol. The van der Waals surface area contributed by atoms with Gasteiger partial charge < -0.3 is 9.47 Å². The lowest BCUT2D eigenvalue weighted by Crippen LogP contribution is -2.08. The van der Waals surface area contributed by atoms with Crippen LogP contribution in [0.4, 0.5) is 0 Å². The molecule has 0 aliphatic carbocycles. The highest BCUT2D eigenvalue weighted by molar-refractivity contribution is 7.80. The first-order valence-corrected chi connectivity index (χ1v) is 2.75. The van der Waals surface area contributed by atoms with Crippen molar-refractivity contribution in [3.8, 4) is 0 Å². The number of ether oxygens (including phenoxy) is 2. The van der Waals surface area contributed by atoms with Gasteiger partial charge in [-0.2, -0.15) is 0 Å². The summed E-state index contributed by atoms with van der Waals surface area (Å²) < 4.78 is 8.87. The van der Waals surface area contributed by atoms with Crippen LogP contribution in [-0.4, -0.2) is 25.2 Å². The van der Waals surface area contributed by atoms with E-state index < -0.39 is 0 Å². The highest BCUT2D eigenvalue weighted by atomic mass is 32.1.